The fraction of sp³-hybridized carbons (Fsp3) is 0.533. The van der Waals surface area contributed by atoms with Crippen LogP contribution >= 0.6 is 11.6 Å². The number of anilines is 1. The van der Waals surface area contributed by atoms with Crippen LogP contribution in [0, 0.1) is 0 Å². The maximum absolute atomic E-state index is 6.04. The van der Waals surface area contributed by atoms with E-state index < -0.39 is 0 Å². The first-order valence-electron chi connectivity index (χ1n) is 7.27. The summed E-state index contributed by atoms with van der Waals surface area (Å²) in [7, 11) is 0. The third-order valence-electron chi connectivity index (χ3n) is 3.96. The van der Waals surface area contributed by atoms with Gasteiger partial charge in [-0.15, -0.1) is 0 Å². The van der Waals surface area contributed by atoms with Crippen LogP contribution in [-0.2, 0) is 11.3 Å². The average Bonchev–Trinajstić information content (AvgIpc) is 2.76. The van der Waals surface area contributed by atoms with Gasteiger partial charge in [0.2, 0.25) is 5.95 Å². The van der Waals surface area contributed by atoms with Gasteiger partial charge in [-0.25, -0.2) is 4.98 Å². The van der Waals surface area contributed by atoms with Gasteiger partial charge in [-0.2, -0.15) is 0 Å². The predicted octanol–water partition coefficient (Wildman–Crippen LogP) is 3.62. The van der Waals surface area contributed by atoms with Crippen molar-refractivity contribution in [3.63, 3.8) is 0 Å². The number of hydrogen-bond donors (Lipinski definition) is 1. The molecule has 2 N–H and O–H groups in total. The summed E-state index contributed by atoms with van der Waals surface area (Å²) >= 11 is 6.04. The number of nitrogen functional groups attached to an aromatic ring is 1. The van der Waals surface area contributed by atoms with Gasteiger partial charge in [-0.3, -0.25) is 0 Å². The molecule has 0 radical (unpaired) electrons. The van der Waals surface area contributed by atoms with Gasteiger partial charge in [0.25, 0.3) is 0 Å². The quantitative estimate of drug-likeness (QED) is 0.936. The first kappa shape index (κ1) is 13.7. The normalized spacial score (nSPS) is 16.9. The van der Waals surface area contributed by atoms with Crippen LogP contribution in [0.1, 0.15) is 32.1 Å². The molecule has 4 nitrogen and oxygen atoms in total. The van der Waals surface area contributed by atoms with Crippen molar-refractivity contribution >= 4 is 28.6 Å². The summed E-state index contributed by atoms with van der Waals surface area (Å²) in [5.74, 6) is 0.523. The number of hydrogen-bond acceptors (Lipinski definition) is 3. The Hall–Kier alpha value is -1.26. The van der Waals surface area contributed by atoms with E-state index in [0.29, 0.717) is 23.7 Å². The lowest BCUT2D eigenvalue weighted by Crippen LogP contribution is -2.19. The van der Waals surface area contributed by atoms with Crippen molar-refractivity contribution in [1.82, 2.24) is 9.55 Å². The molecule has 1 aromatic heterocycles. The van der Waals surface area contributed by atoms with Crippen LogP contribution in [0.3, 0.4) is 0 Å². The van der Waals surface area contributed by atoms with E-state index in [0.717, 1.165) is 17.6 Å². The lowest BCUT2D eigenvalue weighted by atomic mass is 9.98. The molecule has 0 saturated heterocycles. The van der Waals surface area contributed by atoms with Gasteiger partial charge in [0.15, 0.2) is 0 Å². The number of fused-ring (bicyclic) bond motifs is 1. The molecule has 108 valence electrons. The van der Waals surface area contributed by atoms with E-state index >= 15 is 0 Å². The number of halogens is 1. The molecule has 0 amide bonds. The maximum Gasteiger partial charge on any atom is 0.201 e. The van der Waals surface area contributed by atoms with E-state index in [4.69, 9.17) is 22.1 Å². The highest BCUT2D eigenvalue weighted by atomic mass is 35.5. The monoisotopic (exact) mass is 293 g/mol. The molecule has 0 unspecified atom stereocenters. The Bertz CT molecular complexity index is 590. The number of ether oxygens (including phenoxy) is 1. The molecule has 1 aromatic carbocycles. The summed E-state index contributed by atoms with van der Waals surface area (Å²) < 4.78 is 7.93. The Morgan fingerprint density at radius 2 is 2.10 bits per heavy atom. The van der Waals surface area contributed by atoms with Crippen molar-refractivity contribution in [3.8, 4) is 0 Å². The van der Waals surface area contributed by atoms with E-state index in [1.807, 2.05) is 22.8 Å². The highest BCUT2D eigenvalue weighted by Gasteiger charge is 2.14. The predicted molar refractivity (Wildman–Crippen MR) is 82.0 cm³/mol. The van der Waals surface area contributed by atoms with Crippen molar-refractivity contribution in [2.75, 3.05) is 12.3 Å². The van der Waals surface area contributed by atoms with Crippen molar-refractivity contribution in [2.24, 2.45) is 0 Å². The van der Waals surface area contributed by atoms with Gasteiger partial charge < -0.3 is 15.0 Å². The second-order valence-corrected chi connectivity index (χ2v) is 5.82. The van der Waals surface area contributed by atoms with Crippen LogP contribution in [0.25, 0.3) is 11.0 Å². The standard InChI is InChI=1S/C15H20ClN3O/c16-11-6-7-13-14(10-11)19(15(17)18-13)8-9-20-12-4-2-1-3-5-12/h6-7,10,12H,1-5,8-9H2,(H2,17,18). The van der Waals surface area contributed by atoms with E-state index in [1.54, 1.807) is 0 Å². The Morgan fingerprint density at radius 1 is 1.30 bits per heavy atom. The van der Waals surface area contributed by atoms with E-state index in [9.17, 15) is 0 Å². The third kappa shape index (κ3) is 2.91. The SMILES string of the molecule is Nc1nc2ccc(Cl)cc2n1CCOC1CCCCC1. The highest BCUT2D eigenvalue weighted by Crippen LogP contribution is 2.23. The summed E-state index contributed by atoms with van der Waals surface area (Å²) in [5.41, 5.74) is 7.83. The summed E-state index contributed by atoms with van der Waals surface area (Å²) in [6.07, 6.45) is 6.71. The van der Waals surface area contributed by atoms with Crippen LogP contribution in [-0.4, -0.2) is 22.3 Å². The van der Waals surface area contributed by atoms with E-state index in [1.165, 1.54) is 32.1 Å². The van der Waals surface area contributed by atoms with Crippen molar-refractivity contribution in [3.05, 3.63) is 23.2 Å². The van der Waals surface area contributed by atoms with Crippen LogP contribution in [0.2, 0.25) is 5.02 Å². The minimum atomic E-state index is 0.420. The Kier molecular flexibility index (Phi) is 4.13. The van der Waals surface area contributed by atoms with Crippen LogP contribution < -0.4 is 5.73 Å². The summed E-state index contributed by atoms with van der Waals surface area (Å²) in [6.45, 7) is 1.39. The molecule has 1 aliphatic rings. The molecule has 20 heavy (non-hydrogen) atoms. The fourth-order valence-corrected chi connectivity index (χ4v) is 3.06. The molecule has 0 aliphatic heterocycles. The van der Waals surface area contributed by atoms with Crippen LogP contribution in [0.4, 0.5) is 5.95 Å². The maximum atomic E-state index is 6.04. The molecule has 1 aliphatic carbocycles. The number of nitrogens with two attached hydrogens (primary N) is 1. The third-order valence-corrected chi connectivity index (χ3v) is 4.20. The van der Waals surface area contributed by atoms with Gasteiger partial charge in [0, 0.05) is 11.6 Å². The average molecular weight is 294 g/mol. The van der Waals surface area contributed by atoms with Crippen molar-refractivity contribution < 1.29 is 4.74 Å². The van der Waals surface area contributed by atoms with Crippen LogP contribution in [0.15, 0.2) is 18.2 Å². The Labute approximate surface area is 123 Å². The van der Waals surface area contributed by atoms with Gasteiger partial charge in [0.1, 0.15) is 0 Å². The molecule has 1 fully saturated rings. The van der Waals surface area contributed by atoms with Crippen LogP contribution in [0.5, 0.6) is 0 Å². The van der Waals surface area contributed by atoms with E-state index in [-0.39, 0.29) is 0 Å². The Balaban J connectivity index is 1.67. The molecule has 0 atom stereocenters. The summed E-state index contributed by atoms with van der Waals surface area (Å²) in [4.78, 5) is 4.35. The number of imidazole rings is 1. The van der Waals surface area contributed by atoms with Gasteiger partial charge >= 0.3 is 0 Å². The minimum Gasteiger partial charge on any atom is -0.376 e. The molecular weight excluding hydrogens is 274 g/mol. The fourth-order valence-electron chi connectivity index (χ4n) is 2.89. The first-order valence-corrected chi connectivity index (χ1v) is 7.65. The van der Waals surface area contributed by atoms with E-state index in [2.05, 4.69) is 4.98 Å². The highest BCUT2D eigenvalue weighted by molar-refractivity contribution is 6.31. The summed E-state index contributed by atoms with van der Waals surface area (Å²) in [6, 6.07) is 5.63. The lowest BCUT2D eigenvalue weighted by molar-refractivity contribution is 0.0246. The van der Waals surface area contributed by atoms with Gasteiger partial charge in [-0.1, -0.05) is 30.9 Å². The molecule has 5 heteroatoms. The number of aromatic nitrogens is 2. The molecule has 1 saturated carbocycles. The smallest absolute Gasteiger partial charge is 0.201 e. The second-order valence-electron chi connectivity index (χ2n) is 5.39. The first-order chi connectivity index (χ1) is 9.74. The number of nitrogens with zero attached hydrogens (tertiary/aromatic N) is 2. The van der Waals surface area contributed by atoms with Crippen molar-refractivity contribution in [2.45, 2.75) is 44.8 Å². The molecule has 3 rings (SSSR count). The number of benzene rings is 1. The number of rotatable bonds is 4. The van der Waals surface area contributed by atoms with Crippen molar-refractivity contribution in [1.29, 1.82) is 0 Å². The summed E-state index contributed by atoms with van der Waals surface area (Å²) in [5, 5.41) is 0.701. The molecular formula is C15H20ClN3O. The van der Waals surface area contributed by atoms with Gasteiger partial charge in [0.05, 0.1) is 23.7 Å². The molecule has 0 bridgehead atoms. The Morgan fingerprint density at radius 3 is 2.90 bits per heavy atom. The zero-order valence-corrected chi connectivity index (χ0v) is 12.3. The minimum absolute atomic E-state index is 0.420. The second kappa shape index (κ2) is 6.02. The van der Waals surface area contributed by atoms with Gasteiger partial charge in [-0.05, 0) is 31.0 Å². The topological polar surface area (TPSA) is 53.1 Å². The zero-order chi connectivity index (χ0) is 13.9. The molecule has 0 spiro atoms. The molecule has 2 aromatic rings. The zero-order valence-electron chi connectivity index (χ0n) is 11.5. The largest absolute Gasteiger partial charge is 0.376 e. The lowest BCUT2D eigenvalue weighted by Gasteiger charge is -2.22. The molecule has 1 heterocycles.